The SMILES string of the molecule is Cc1cccc(CN(C(=O)CN(c2cccc(C)c2)S(=O)(=O)c2ccc(Cl)cc2)C(Cc2ccccc2)C(=O)NC(C)C)c1. The Morgan fingerprint density at radius 3 is 2.02 bits per heavy atom. The summed E-state index contributed by atoms with van der Waals surface area (Å²) in [6.45, 7) is 7.15. The minimum atomic E-state index is -4.19. The zero-order valence-corrected chi connectivity index (χ0v) is 27.0. The molecule has 0 saturated carbocycles. The van der Waals surface area contributed by atoms with Gasteiger partial charge in [0, 0.05) is 24.0 Å². The fourth-order valence-corrected chi connectivity index (χ4v) is 6.52. The predicted octanol–water partition coefficient (Wildman–Crippen LogP) is 6.32. The molecule has 4 aromatic carbocycles. The van der Waals surface area contributed by atoms with Crippen LogP contribution in [0.4, 0.5) is 5.69 Å². The normalized spacial score (nSPS) is 12.0. The molecule has 0 radical (unpaired) electrons. The first kappa shape index (κ1) is 32.8. The molecule has 0 spiro atoms. The Labute approximate surface area is 265 Å². The summed E-state index contributed by atoms with van der Waals surface area (Å²) >= 11 is 6.05. The van der Waals surface area contributed by atoms with Gasteiger partial charge in [0.25, 0.3) is 10.0 Å². The van der Waals surface area contributed by atoms with Gasteiger partial charge in [0.2, 0.25) is 11.8 Å². The summed E-state index contributed by atoms with van der Waals surface area (Å²) in [7, 11) is -4.19. The number of hydrogen-bond acceptors (Lipinski definition) is 4. The number of carbonyl (C=O) groups is 2. The van der Waals surface area contributed by atoms with Gasteiger partial charge in [-0.1, -0.05) is 83.9 Å². The van der Waals surface area contributed by atoms with Gasteiger partial charge in [-0.2, -0.15) is 0 Å². The maximum atomic E-state index is 14.5. The van der Waals surface area contributed by atoms with E-state index in [0.717, 1.165) is 26.6 Å². The summed E-state index contributed by atoms with van der Waals surface area (Å²) in [6.07, 6.45) is 0.255. The number of amides is 2. The van der Waals surface area contributed by atoms with E-state index in [4.69, 9.17) is 11.6 Å². The molecular formula is C35H38ClN3O4S. The van der Waals surface area contributed by atoms with Crippen LogP contribution in [0, 0.1) is 13.8 Å². The molecule has 0 aromatic heterocycles. The van der Waals surface area contributed by atoms with Crippen molar-refractivity contribution >= 4 is 39.1 Å². The Kier molecular flexibility index (Phi) is 10.8. The van der Waals surface area contributed by atoms with Crippen molar-refractivity contribution in [3.8, 4) is 0 Å². The molecular weight excluding hydrogens is 594 g/mol. The van der Waals surface area contributed by atoms with Crippen molar-refractivity contribution in [2.75, 3.05) is 10.8 Å². The highest BCUT2D eigenvalue weighted by molar-refractivity contribution is 7.92. The molecule has 1 N–H and O–H groups in total. The van der Waals surface area contributed by atoms with Crippen molar-refractivity contribution in [2.45, 2.75) is 57.6 Å². The molecule has 0 aliphatic heterocycles. The van der Waals surface area contributed by atoms with Crippen LogP contribution in [0.3, 0.4) is 0 Å². The summed E-state index contributed by atoms with van der Waals surface area (Å²) in [4.78, 5) is 29.7. The van der Waals surface area contributed by atoms with E-state index in [2.05, 4.69) is 5.32 Å². The largest absolute Gasteiger partial charge is 0.352 e. The first-order valence-electron chi connectivity index (χ1n) is 14.5. The first-order valence-corrected chi connectivity index (χ1v) is 16.3. The Morgan fingerprint density at radius 2 is 1.41 bits per heavy atom. The van der Waals surface area contributed by atoms with Crippen molar-refractivity contribution in [3.05, 3.63) is 130 Å². The molecule has 7 nitrogen and oxygen atoms in total. The number of rotatable bonds is 12. The third-order valence-electron chi connectivity index (χ3n) is 7.11. The van der Waals surface area contributed by atoms with E-state index in [1.165, 1.54) is 29.2 Å². The van der Waals surface area contributed by atoms with Crippen LogP contribution in [0.2, 0.25) is 5.02 Å². The fourth-order valence-electron chi connectivity index (χ4n) is 4.99. The Balaban J connectivity index is 1.81. The molecule has 230 valence electrons. The van der Waals surface area contributed by atoms with Gasteiger partial charge < -0.3 is 10.2 Å². The summed E-state index contributed by atoms with van der Waals surface area (Å²) in [5.74, 6) is -0.821. The second-order valence-electron chi connectivity index (χ2n) is 11.2. The van der Waals surface area contributed by atoms with Crippen LogP contribution in [-0.4, -0.2) is 43.8 Å². The predicted molar refractivity (Wildman–Crippen MR) is 176 cm³/mol. The smallest absolute Gasteiger partial charge is 0.264 e. The van der Waals surface area contributed by atoms with E-state index < -0.39 is 28.5 Å². The number of hydrogen-bond donors (Lipinski definition) is 1. The minimum Gasteiger partial charge on any atom is -0.352 e. The minimum absolute atomic E-state index is 0.000160. The second kappa shape index (κ2) is 14.6. The average molecular weight is 632 g/mol. The van der Waals surface area contributed by atoms with Crippen LogP contribution < -0.4 is 9.62 Å². The van der Waals surface area contributed by atoms with Gasteiger partial charge in [-0.05, 0) is 80.8 Å². The topological polar surface area (TPSA) is 86.8 Å². The lowest BCUT2D eigenvalue weighted by atomic mass is 10.0. The van der Waals surface area contributed by atoms with Gasteiger partial charge in [0.15, 0.2) is 0 Å². The van der Waals surface area contributed by atoms with Gasteiger partial charge >= 0.3 is 0 Å². The maximum absolute atomic E-state index is 14.5. The standard InChI is InChI=1S/C35H38ClN3O4S/c1-25(2)37-35(41)33(22-28-12-6-5-7-13-28)38(23-29-14-8-10-26(3)20-29)34(40)24-39(31-15-9-11-27(4)21-31)44(42,43)32-18-16-30(36)17-19-32/h5-21,25,33H,22-24H2,1-4H3,(H,37,41). The quantitative estimate of drug-likeness (QED) is 0.198. The van der Waals surface area contributed by atoms with Crippen molar-refractivity contribution in [1.29, 1.82) is 0 Å². The second-order valence-corrected chi connectivity index (χ2v) is 13.5. The van der Waals surface area contributed by atoms with Crippen LogP contribution in [0.5, 0.6) is 0 Å². The summed E-state index contributed by atoms with van der Waals surface area (Å²) in [5, 5.41) is 3.37. The lowest BCUT2D eigenvalue weighted by Gasteiger charge is -2.34. The van der Waals surface area contributed by atoms with Gasteiger partial charge in [0.1, 0.15) is 12.6 Å². The summed E-state index contributed by atoms with van der Waals surface area (Å²) in [6, 6.07) is 29.0. The molecule has 4 rings (SSSR count). The Morgan fingerprint density at radius 1 is 0.795 bits per heavy atom. The third-order valence-corrected chi connectivity index (χ3v) is 9.15. The molecule has 0 heterocycles. The zero-order chi connectivity index (χ0) is 31.9. The van der Waals surface area contributed by atoms with Crippen molar-refractivity contribution in [1.82, 2.24) is 10.2 Å². The Bertz CT molecular complexity index is 1690. The molecule has 0 aliphatic carbocycles. The molecule has 1 atom stereocenters. The number of carbonyl (C=O) groups excluding carboxylic acids is 2. The van der Waals surface area contributed by atoms with Gasteiger partial charge in [-0.25, -0.2) is 8.42 Å². The van der Waals surface area contributed by atoms with E-state index in [1.807, 2.05) is 88.4 Å². The average Bonchev–Trinajstić information content (AvgIpc) is 2.98. The van der Waals surface area contributed by atoms with Crippen LogP contribution in [-0.2, 0) is 32.6 Å². The number of nitrogens with zero attached hydrogens (tertiary/aromatic N) is 2. The molecule has 1 unspecified atom stereocenters. The van der Waals surface area contributed by atoms with E-state index in [1.54, 1.807) is 18.2 Å². The maximum Gasteiger partial charge on any atom is 0.264 e. The van der Waals surface area contributed by atoms with Crippen molar-refractivity contribution in [2.24, 2.45) is 0 Å². The van der Waals surface area contributed by atoms with Crippen LogP contribution >= 0.6 is 11.6 Å². The number of aryl methyl sites for hydroxylation is 2. The van der Waals surface area contributed by atoms with Crippen LogP contribution in [0.1, 0.15) is 36.1 Å². The highest BCUT2D eigenvalue weighted by Gasteiger charge is 2.34. The Hall–Kier alpha value is -4.14. The van der Waals surface area contributed by atoms with E-state index >= 15 is 0 Å². The van der Waals surface area contributed by atoms with Crippen LogP contribution in [0.15, 0.2) is 108 Å². The lowest BCUT2D eigenvalue weighted by Crippen LogP contribution is -2.54. The highest BCUT2D eigenvalue weighted by Crippen LogP contribution is 2.27. The van der Waals surface area contributed by atoms with Crippen molar-refractivity contribution < 1.29 is 18.0 Å². The number of anilines is 1. The molecule has 0 bridgehead atoms. The molecule has 9 heteroatoms. The van der Waals surface area contributed by atoms with E-state index in [-0.39, 0.29) is 29.8 Å². The molecule has 44 heavy (non-hydrogen) atoms. The van der Waals surface area contributed by atoms with E-state index in [9.17, 15) is 18.0 Å². The number of halogens is 1. The van der Waals surface area contributed by atoms with Crippen LogP contribution in [0.25, 0.3) is 0 Å². The molecule has 0 saturated heterocycles. The van der Waals surface area contributed by atoms with E-state index in [0.29, 0.717) is 10.7 Å². The number of nitrogens with one attached hydrogen (secondary N) is 1. The monoisotopic (exact) mass is 631 g/mol. The number of benzene rings is 4. The summed E-state index contributed by atoms with van der Waals surface area (Å²) < 4.78 is 29.3. The fraction of sp³-hybridized carbons (Fsp3) is 0.257. The first-order chi connectivity index (χ1) is 20.9. The van der Waals surface area contributed by atoms with Gasteiger partial charge in [-0.15, -0.1) is 0 Å². The molecule has 4 aromatic rings. The van der Waals surface area contributed by atoms with Crippen molar-refractivity contribution in [3.63, 3.8) is 0 Å². The highest BCUT2D eigenvalue weighted by atomic mass is 35.5. The van der Waals surface area contributed by atoms with Gasteiger partial charge in [0.05, 0.1) is 10.6 Å². The lowest BCUT2D eigenvalue weighted by molar-refractivity contribution is -0.140. The number of sulfonamides is 1. The third kappa shape index (κ3) is 8.49. The summed E-state index contributed by atoms with van der Waals surface area (Å²) in [5.41, 5.74) is 3.89. The van der Waals surface area contributed by atoms with Gasteiger partial charge in [-0.3, -0.25) is 13.9 Å². The molecule has 0 fully saturated rings. The molecule has 2 amide bonds. The zero-order valence-electron chi connectivity index (χ0n) is 25.4. The molecule has 0 aliphatic rings.